The maximum absolute atomic E-state index is 12.4. The predicted molar refractivity (Wildman–Crippen MR) is 81.7 cm³/mol. The lowest BCUT2D eigenvalue weighted by Gasteiger charge is -2.47. The summed E-state index contributed by atoms with van der Waals surface area (Å²) in [4.78, 5) is 16.4. The Morgan fingerprint density at radius 2 is 2.22 bits per heavy atom. The summed E-state index contributed by atoms with van der Waals surface area (Å²) < 4.78 is 36.1. The number of aromatic nitrogens is 1. The molecule has 9 heteroatoms. The van der Waals surface area contributed by atoms with Gasteiger partial charge in [0.2, 0.25) is 15.9 Å². The van der Waals surface area contributed by atoms with E-state index < -0.39 is 16.1 Å². The predicted octanol–water partition coefficient (Wildman–Crippen LogP) is -0.475. The number of carbonyl (C=O) groups excluding carboxylic acids is 1. The molecule has 23 heavy (non-hydrogen) atoms. The molecule has 2 fully saturated rings. The Morgan fingerprint density at radius 3 is 2.91 bits per heavy atom. The van der Waals surface area contributed by atoms with Crippen molar-refractivity contribution in [2.75, 3.05) is 20.0 Å². The SMILES string of the molecule is COc1cc(C(=O)N[C@H]2[C@H]3CCO[C@H]3[C@@H]2NS(C)(=O)=O)ccn1. The van der Waals surface area contributed by atoms with Crippen LogP contribution in [0.2, 0.25) is 0 Å². The number of nitrogens with one attached hydrogen (secondary N) is 2. The quantitative estimate of drug-likeness (QED) is 0.749. The molecule has 1 aromatic rings. The van der Waals surface area contributed by atoms with Crippen LogP contribution in [0.15, 0.2) is 18.3 Å². The lowest BCUT2D eigenvalue weighted by atomic mass is 9.72. The van der Waals surface area contributed by atoms with Crippen LogP contribution in [-0.2, 0) is 14.8 Å². The molecule has 8 nitrogen and oxygen atoms in total. The van der Waals surface area contributed by atoms with Crippen molar-refractivity contribution in [3.8, 4) is 5.88 Å². The molecule has 1 amide bonds. The zero-order valence-corrected chi connectivity index (χ0v) is 13.7. The highest BCUT2D eigenvalue weighted by Crippen LogP contribution is 2.39. The molecule has 0 spiro atoms. The van der Waals surface area contributed by atoms with Crippen LogP contribution in [0.5, 0.6) is 5.88 Å². The Labute approximate surface area is 134 Å². The first-order valence-corrected chi connectivity index (χ1v) is 9.18. The third kappa shape index (κ3) is 3.31. The van der Waals surface area contributed by atoms with E-state index in [0.717, 1.165) is 12.7 Å². The van der Waals surface area contributed by atoms with Gasteiger partial charge in [-0.15, -0.1) is 0 Å². The van der Waals surface area contributed by atoms with E-state index in [1.165, 1.54) is 19.4 Å². The Morgan fingerprint density at radius 1 is 1.43 bits per heavy atom. The molecule has 4 atom stereocenters. The lowest BCUT2D eigenvalue weighted by Crippen LogP contribution is -2.70. The number of hydrogen-bond donors (Lipinski definition) is 2. The van der Waals surface area contributed by atoms with E-state index in [9.17, 15) is 13.2 Å². The standard InChI is InChI=1S/C14H19N3O5S/c1-21-10-7-8(3-5-15-10)14(18)16-11-9-4-6-22-13(9)12(11)17-23(2,19)20/h3,5,7,9,11-13,17H,4,6H2,1-2H3,(H,16,18)/t9-,11+,12-,13-/m1/s1. The number of carbonyl (C=O) groups is 1. The van der Waals surface area contributed by atoms with Gasteiger partial charge in [-0.3, -0.25) is 4.79 Å². The fourth-order valence-electron chi connectivity index (χ4n) is 3.19. The highest BCUT2D eigenvalue weighted by molar-refractivity contribution is 7.88. The molecular weight excluding hydrogens is 322 g/mol. The van der Waals surface area contributed by atoms with Crippen LogP contribution >= 0.6 is 0 Å². The Balaban J connectivity index is 1.73. The van der Waals surface area contributed by atoms with Crippen molar-refractivity contribution in [3.63, 3.8) is 0 Å². The van der Waals surface area contributed by atoms with Crippen LogP contribution in [0, 0.1) is 5.92 Å². The van der Waals surface area contributed by atoms with Crippen molar-refractivity contribution >= 4 is 15.9 Å². The van der Waals surface area contributed by atoms with Crippen LogP contribution < -0.4 is 14.8 Å². The summed E-state index contributed by atoms with van der Waals surface area (Å²) in [7, 11) is -1.90. The zero-order chi connectivity index (χ0) is 16.6. The lowest BCUT2D eigenvalue weighted by molar-refractivity contribution is -0.0194. The van der Waals surface area contributed by atoms with Gasteiger partial charge in [0, 0.05) is 30.4 Å². The van der Waals surface area contributed by atoms with Crippen molar-refractivity contribution < 1.29 is 22.7 Å². The molecule has 1 aliphatic carbocycles. The number of sulfonamides is 1. The summed E-state index contributed by atoms with van der Waals surface area (Å²) in [6.07, 6.45) is 3.21. The smallest absolute Gasteiger partial charge is 0.251 e. The summed E-state index contributed by atoms with van der Waals surface area (Å²) in [5.74, 6) is 0.183. The molecule has 1 saturated carbocycles. The summed E-state index contributed by atoms with van der Waals surface area (Å²) in [5.41, 5.74) is 0.414. The Kier molecular flexibility index (Phi) is 4.26. The summed E-state index contributed by atoms with van der Waals surface area (Å²) in [6.45, 7) is 0.576. The van der Waals surface area contributed by atoms with E-state index in [-0.39, 0.29) is 24.0 Å². The minimum atomic E-state index is -3.38. The normalized spacial score (nSPS) is 29.5. The van der Waals surface area contributed by atoms with Gasteiger partial charge in [0.1, 0.15) is 0 Å². The molecule has 126 valence electrons. The Hall–Kier alpha value is -1.71. The van der Waals surface area contributed by atoms with Gasteiger partial charge in [-0.2, -0.15) is 0 Å². The third-order valence-electron chi connectivity index (χ3n) is 4.24. The summed E-state index contributed by atoms with van der Waals surface area (Å²) in [5, 5.41) is 2.90. The second-order valence-electron chi connectivity index (χ2n) is 5.79. The average molecular weight is 341 g/mol. The van der Waals surface area contributed by atoms with Gasteiger partial charge in [-0.05, 0) is 12.5 Å². The van der Waals surface area contributed by atoms with E-state index in [1.54, 1.807) is 6.07 Å². The van der Waals surface area contributed by atoms with Gasteiger partial charge in [0.15, 0.2) is 0 Å². The van der Waals surface area contributed by atoms with Crippen molar-refractivity contribution in [1.29, 1.82) is 0 Å². The van der Waals surface area contributed by atoms with E-state index in [4.69, 9.17) is 9.47 Å². The van der Waals surface area contributed by atoms with Crippen LogP contribution in [0.25, 0.3) is 0 Å². The zero-order valence-electron chi connectivity index (χ0n) is 12.9. The molecule has 2 N–H and O–H groups in total. The van der Waals surface area contributed by atoms with Gasteiger partial charge in [0.25, 0.3) is 5.91 Å². The molecule has 0 aromatic carbocycles. The van der Waals surface area contributed by atoms with Crippen molar-refractivity contribution in [1.82, 2.24) is 15.0 Å². The van der Waals surface area contributed by atoms with E-state index in [2.05, 4.69) is 15.0 Å². The number of pyridine rings is 1. The third-order valence-corrected chi connectivity index (χ3v) is 4.94. The molecule has 0 unspecified atom stereocenters. The van der Waals surface area contributed by atoms with E-state index in [1.807, 2.05) is 0 Å². The molecular formula is C14H19N3O5S. The van der Waals surface area contributed by atoms with Crippen molar-refractivity contribution in [2.24, 2.45) is 5.92 Å². The fourth-order valence-corrected chi connectivity index (χ4v) is 3.96. The van der Waals surface area contributed by atoms with Gasteiger partial charge < -0.3 is 14.8 Å². The second kappa shape index (κ2) is 6.06. The highest BCUT2D eigenvalue weighted by atomic mass is 32.2. The maximum atomic E-state index is 12.4. The largest absolute Gasteiger partial charge is 0.481 e. The average Bonchev–Trinajstić information content (AvgIpc) is 2.94. The first-order valence-electron chi connectivity index (χ1n) is 7.29. The van der Waals surface area contributed by atoms with Crippen molar-refractivity contribution in [3.05, 3.63) is 23.9 Å². The topological polar surface area (TPSA) is 107 Å². The number of hydrogen-bond acceptors (Lipinski definition) is 6. The molecule has 2 aliphatic rings. The summed E-state index contributed by atoms with van der Waals surface area (Å²) in [6, 6.07) is 2.39. The first kappa shape index (κ1) is 16.2. The minimum Gasteiger partial charge on any atom is -0.481 e. The van der Waals surface area contributed by atoms with Crippen LogP contribution in [0.1, 0.15) is 16.8 Å². The van der Waals surface area contributed by atoms with Crippen molar-refractivity contribution in [2.45, 2.75) is 24.6 Å². The van der Waals surface area contributed by atoms with Gasteiger partial charge >= 0.3 is 0 Å². The molecule has 2 heterocycles. The molecule has 1 aromatic heterocycles. The number of methoxy groups -OCH3 is 1. The number of ether oxygens (including phenoxy) is 2. The monoisotopic (exact) mass is 341 g/mol. The van der Waals surface area contributed by atoms with E-state index >= 15 is 0 Å². The number of fused-ring (bicyclic) bond motifs is 1. The van der Waals surface area contributed by atoms with Crippen LogP contribution in [0.3, 0.4) is 0 Å². The van der Waals surface area contributed by atoms with E-state index in [0.29, 0.717) is 18.1 Å². The van der Waals surface area contributed by atoms with Gasteiger partial charge in [-0.25, -0.2) is 18.1 Å². The second-order valence-corrected chi connectivity index (χ2v) is 7.57. The number of amides is 1. The molecule has 1 aliphatic heterocycles. The number of nitrogens with zero attached hydrogens (tertiary/aromatic N) is 1. The molecule has 0 radical (unpaired) electrons. The van der Waals surface area contributed by atoms with Crippen LogP contribution in [0.4, 0.5) is 0 Å². The van der Waals surface area contributed by atoms with Crippen LogP contribution in [-0.4, -0.2) is 57.5 Å². The maximum Gasteiger partial charge on any atom is 0.251 e. The highest BCUT2D eigenvalue weighted by Gasteiger charge is 2.55. The van der Waals surface area contributed by atoms with Gasteiger partial charge in [0.05, 0.1) is 31.6 Å². The number of rotatable bonds is 5. The first-order chi connectivity index (χ1) is 10.9. The minimum absolute atomic E-state index is 0.127. The molecule has 0 bridgehead atoms. The molecule has 1 saturated heterocycles. The fraction of sp³-hybridized carbons (Fsp3) is 0.571. The van der Waals surface area contributed by atoms with Gasteiger partial charge in [-0.1, -0.05) is 0 Å². The Bertz CT molecular complexity index is 708. The summed E-state index contributed by atoms with van der Waals surface area (Å²) >= 11 is 0. The molecule has 3 rings (SSSR count).